The van der Waals surface area contributed by atoms with Crippen molar-refractivity contribution < 1.29 is 4.74 Å². The molecular weight excluding hydrogens is 238 g/mol. The number of ether oxygens (including phenoxy) is 1. The molecule has 0 spiro atoms. The van der Waals surface area contributed by atoms with Crippen LogP contribution in [0, 0.1) is 0 Å². The van der Waals surface area contributed by atoms with E-state index in [9.17, 15) is 0 Å². The molecular formula is C15H17N3O. The second-order valence-corrected chi connectivity index (χ2v) is 5.46. The van der Waals surface area contributed by atoms with E-state index in [0.29, 0.717) is 18.2 Å². The predicted molar refractivity (Wildman–Crippen MR) is 76.1 cm³/mol. The third kappa shape index (κ3) is 1.75. The van der Waals surface area contributed by atoms with Gasteiger partial charge in [-0.25, -0.2) is 0 Å². The largest absolute Gasteiger partial charge is 0.398 e. The molecule has 2 aliphatic rings. The molecule has 3 N–H and O–H groups in total. The summed E-state index contributed by atoms with van der Waals surface area (Å²) in [5.41, 5.74) is 8.79. The maximum atomic E-state index is 6.00. The van der Waals surface area contributed by atoms with Crippen LogP contribution in [0.15, 0.2) is 30.5 Å². The molecule has 3 unspecified atom stereocenters. The minimum absolute atomic E-state index is 0.362. The topological polar surface area (TPSA) is 60.2 Å². The lowest BCUT2D eigenvalue weighted by Crippen LogP contribution is -2.30. The Balaban J connectivity index is 1.70. The summed E-state index contributed by atoms with van der Waals surface area (Å²) in [5.74, 6) is 0. The Morgan fingerprint density at radius 2 is 2.21 bits per heavy atom. The van der Waals surface area contributed by atoms with Gasteiger partial charge in [-0.05, 0) is 43.5 Å². The molecule has 0 radical (unpaired) electrons. The van der Waals surface area contributed by atoms with Crippen LogP contribution in [0.3, 0.4) is 0 Å². The van der Waals surface area contributed by atoms with Crippen molar-refractivity contribution in [3.8, 4) is 0 Å². The fraction of sp³-hybridized carbons (Fsp3) is 0.400. The zero-order valence-electron chi connectivity index (χ0n) is 10.7. The first-order chi connectivity index (χ1) is 9.31. The van der Waals surface area contributed by atoms with Crippen molar-refractivity contribution in [3.63, 3.8) is 0 Å². The second-order valence-electron chi connectivity index (χ2n) is 5.46. The summed E-state index contributed by atoms with van der Waals surface area (Å²) in [5, 5.41) is 4.61. The highest BCUT2D eigenvalue weighted by Gasteiger charge is 2.40. The van der Waals surface area contributed by atoms with Gasteiger partial charge in [-0.15, -0.1) is 0 Å². The number of pyridine rings is 1. The van der Waals surface area contributed by atoms with Gasteiger partial charge in [0.2, 0.25) is 0 Å². The number of fused-ring (bicyclic) bond motifs is 3. The number of nitrogens with two attached hydrogens (primary N) is 1. The third-order valence-electron chi connectivity index (χ3n) is 4.25. The van der Waals surface area contributed by atoms with Crippen molar-refractivity contribution in [1.82, 2.24) is 4.98 Å². The highest BCUT2D eigenvalue weighted by Crippen LogP contribution is 2.37. The summed E-state index contributed by atoms with van der Waals surface area (Å²) in [4.78, 5) is 4.46. The molecule has 2 aromatic rings. The first-order valence-corrected chi connectivity index (χ1v) is 6.86. The number of hydrogen-bond acceptors (Lipinski definition) is 4. The van der Waals surface area contributed by atoms with E-state index in [1.54, 1.807) is 0 Å². The van der Waals surface area contributed by atoms with Gasteiger partial charge in [0.1, 0.15) is 0 Å². The average Bonchev–Trinajstić information content (AvgIpc) is 3.05. The lowest BCUT2D eigenvalue weighted by molar-refractivity contribution is 0.102. The average molecular weight is 255 g/mol. The van der Waals surface area contributed by atoms with Crippen molar-refractivity contribution >= 4 is 22.3 Å². The van der Waals surface area contributed by atoms with Crippen LogP contribution in [0.1, 0.15) is 19.3 Å². The molecule has 0 aliphatic carbocycles. The van der Waals surface area contributed by atoms with Crippen LogP contribution in [0.25, 0.3) is 10.9 Å². The molecule has 1 aromatic carbocycles. The van der Waals surface area contributed by atoms with E-state index in [1.165, 1.54) is 12.8 Å². The number of nitrogen functional groups attached to an aromatic ring is 1. The summed E-state index contributed by atoms with van der Waals surface area (Å²) in [7, 11) is 0. The van der Waals surface area contributed by atoms with Crippen LogP contribution in [-0.4, -0.2) is 23.2 Å². The Labute approximate surface area is 112 Å². The van der Waals surface area contributed by atoms with Gasteiger partial charge in [0.05, 0.1) is 29.5 Å². The Bertz CT molecular complexity index is 628. The van der Waals surface area contributed by atoms with Crippen LogP contribution >= 0.6 is 0 Å². The standard InChI is InChI=1S/C15H17N3O/c16-11-4-5-12(15-10(11)2-1-7-17-15)18-13-8-9-3-6-14(13)19-9/h1-2,4-5,7,9,13-14,18H,3,6,8,16H2. The third-order valence-corrected chi connectivity index (χ3v) is 4.25. The van der Waals surface area contributed by atoms with E-state index in [2.05, 4.69) is 10.3 Å². The highest BCUT2D eigenvalue weighted by atomic mass is 16.5. The number of benzene rings is 1. The Morgan fingerprint density at radius 1 is 1.26 bits per heavy atom. The van der Waals surface area contributed by atoms with E-state index >= 15 is 0 Å². The van der Waals surface area contributed by atoms with Gasteiger partial charge in [0, 0.05) is 17.3 Å². The van der Waals surface area contributed by atoms with Gasteiger partial charge in [-0.2, -0.15) is 0 Å². The summed E-state index contributed by atoms with van der Waals surface area (Å²) >= 11 is 0. The molecule has 19 heavy (non-hydrogen) atoms. The first-order valence-electron chi connectivity index (χ1n) is 6.86. The Hall–Kier alpha value is -1.81. The van der Waals surface area contributed by atoms with Gasteiger partial charge >= 0.3 is 0 Å². The van der Waals surface area contributed by atoms with Gasteiger partial charge in [0.15, 0.2) is 0 Å². The van der Waals surface area contributed by atoms with Gasteiger partial charge in [0.25, 0.3) is 0 Å². The number of nitrogens with one attached hydrogen (secondary N) is 1. The molecule has 2 fully saturated rings. The monoisotopic (exact) mass is 255 g/mol. The molecule has 1 aromatic heterocycles. The van der Waals surface area contributed by atoms with E-state index in [1.807, 2.05) is 30.5 Å². The fourth-order valence-corrected chi connectivity index (χ4v) is 3.30. The molecule has 3 atom stereocenters. The van der Waals surface area contributed by atoms with Crippen molar-refractivity contribution in [3.05, 3.63) is 30.5 Å². The minimum Gasteiger partial charge on any atom is -0.398 e. The predicted octanol–water partition coefficient (Wildman–Crippen LogP) is 2.55. The van der Waals surface area contributed by atoms with E-state index in [4.69, 9.17) is 10.5 Å². The number of anilines is 2. The quantitative estimate of drug-likeness (QED) is 0.810. The zero-order chi connectivity index (χ0) is 12.8. The van der Waals surface area contributed by atoms with E-state index < -0.39 is 0 Å². The molecule has 4 rings (SSSR count). The lowest BCUT2D eigenvalue weighted by atomic mass is 9.95. The van der Waals surface area contributed by atoms with Crippen molar-refractivity contribution in [2.45, 2.75) is 37.5 Å². The van der Waals surface area contributed by atoms with Crippen LogP contribution < -0.4 is 11.1 Å². The molecule has 2 saturated heterocycles. The Morgan fingerprint density at radius 3 is 3.00 bits per heavy atom. The first kappa shape index (κ1) is 11.1. The molecule has 98 valence electrons. The summed E-state index contributed by atoms with van der Waals surface area (Å²) < 4.78 is 5.89. The molecule has 3 heterocycles. The van der Waals surface area contributed by atoms with Crippen molar-refractivity contribution in [2.24, 2.45) is 0 Å². The maximum Gasteiger partial charge on any atom is 0.0953 e. The van der Waals surface area contributed by atoms with Gasteiger partial charge < -0.3 is 15.8 Å². The summed E-state index contributed by atoms with van der Waals surface area (Å²) in [6.07, 6.45) is 6.11. The fourth-order valence-electron chi connectivity index (χ4n) is 3.30. The normalized spacial score (nSPS) is 28.9. The van der Waals surface area contributed by atoms with E-state index in [0.717, 1.165) is 28.7 Å². The molecule has 2 aliphatic heterocycles. The van der Waals surface area contributed by atoms with E-state index in [-0.39, 0.29) is 0 Å². The van der Waals surface area contributed by atoms with Crippen molar-refractivity contribution in [1.29, 1.82) is 0 Å². The lowest BCUT2D eigenvalue weighted by Gasteiger charge is -2.22. The van der Waals surface area contributed by atoms with Gasteiger partial charge in [-0.3, -0.25) is 4.98 Å². The molecule has 4 heteroatoms. The summed E-state index contributed by atoms with van der Waals surface area (Å²) in [6.45, 7) is 0. The van der Waals surface area contributed by atoms with Crippen LogP contribution in [0.4, 0.5) is 11.4 Å². The minimum atomic E-state index is 0.362. The number of hydrogen-bond donors (Lipinski definition) is 2. The van der Waals surface area contributed by atoms with Crippen LogP contribution in [0.5, 0.6) is 0 Å². The molecule has 0 saturated carbocycles. The summed E-state index contributed by atoms with van der Waals surface area (Å²) in [6, 6.07) is 8.31. The molecule has 2 bridgehead atoms. The van der Waals surface area contributed by atoms with Gasteiger partial charge in [-0.1, -0.05) is 0 Å². The van der Waals surface area contributed by atoms with Crippen LogP contribution in [0.2, 0.25) is 0 Å². The molecule has 0 amide bonds. The Kier molecular flexibility index (Phi) is 2.38. The number of rotatable bonds is 2. The number of nitrogens with zero attached hydrogens (tertiary/aromatic N) is 1. The number of aromatic nitrogens is 1. The second kappa shape index (κ2) is 4.10. The van der Waals surface area contributed by atoms with Crippen LogP contribution in [-0.2, 0) is 4.74 Å². The smallest absolute Gasteiger partial charge is 0.0953 e. The zero-order valence-corrected chi connectivity index (χ0v) is 10.7. The maximum absolute atomic E-state index is 6.00. The molecule has 4 nitrogen and oxygen atoms in total. The van der Waals surface area contributed by atoms with Crippen molar-refractivity contribution in [2.75, 3.05) is 11.1 Å². The highest BCUT2D eigenvalue weighted by molar-refractivity contribution is 5.98. The SMILES string of the molecule is Nc1ccc(NC2CC3CCC2O3)c2ncccc12.